The van der Waals surface area contributed by atoms with Crippen LogP contribution in [0.3, 0.4) is 0 Å². The molecule has 0 bridgehead atoms. The van der Waals surface area contributed by atoms with E-state index in [1.807, 2.05) is 0 Å². The summed E-state index contributed by atoms with van der Waals surface area (Å²) in [5.41, 5.74) is 0. The number of methoxy groups -OCH3 is 1. The van der Waals surface area contributed by atoms with Gasteiger partial charge in [-0.15, -0.1) is 6.58 Å². The largest absolute Gasteiger partial charge is 0.453 e. The molecule has 0 saturated carbocycles. The minimum Gasteiger partial charge on any atom is -0.453 e. The molecule has 1 N–H and O–H groups in total. The van der Waals surface area contributed by atoms with Gasteiger partial charge in [0.15, 0.2) is 0 Å². The molecular weight excluding hydrogens is 170 g/mol. The number of likely N-dealkylation sites (tertiary alicyclic amines) is 1. The van der Waals surface area contributed by atoms with Crippen LogP contribution in [-0.4, -0.2) is 41.9 Å². The Labute approximate surface area is 77.8 Å². The van der Waals surface area contributed by atoms with Crippen molar-refractivity contribution in [2.45, 2.75) is 25.0 Å². The molecule has 1 aliphatic heterocycles. The lowest BCUT2D eigenvalue weighted by Gasteiger charge is -2.23. The van der Waals surface area contributed by atoms with Crippen molar-refractivity contribution < 1.29 is 14.6 Å². The Kier molecular flexibility index (Phi) is 3.31. The van der Waals surface area contributed by atoms with Gasteiger partial charge in [-0.2, -0.15) is 0 Å². The molecule has 0 aliphatic carbocycles. The summed E-state index contributed by atoms with van der Waals surface area (Å²) in [5, 5.41) is 9.54. The van der Waals surface area contributed by atoms with Crippen molar-refractivity contribution in [3.05, 3.63) is 12.7 Å². The van der Waals surface area contributed by atoms with E-state index < -0.39 is 6.10 Å². The topological polar surface area (TPSA) is 49.8 Å². The molecule has 4 heteroatoms. The minimum atomic E-state index is -0.447. The Balaban J connectivity index is 2.63. The lowest BCUT2D eigenvalue weighted by atomic mass is 10.1. The molecule has 0 aromatic carbocycles. The van der Waals surface area contributed by atoms with E-state index in [0.29, 0.717) is 19.4 Å². The normalized spacial score (nSPS) is 27.4. The van der Waals surface area contributed by atoms with Gasteiger partial charge >= 0.3 is 6.09 Å². The van der Waals surface area contributed by atoms with Crippen LogP contribution < -0.4 is 0 Å². The third-order valence-electron chi connectivity index (χ3n) is 2.33. The summed E-state index contributed by atoms with van der Waals surface area (Å²) in [4.78, 5) is 12.8. The van der Waals surface area contributed by atoms with Crippen molar-refractivity contribution in [3.63, 3.8) is 0 Å². The molecule has 1 heterocycles. The van der Waals surface area contributed by atoms with Crippen LogP contribution in [0.4, 0.5) is 4.79 Å². The van der Waals surface area contributed by atoms with E-state index in [1.165, 1.54) is 7.11 Å². The molecule has 0 unspecified atom stereocenters. The maximum atomic E-state index is 11.2. The van der Waals surface area contributed by atoms with Crippen LogP contribution in [0.25, 0.3) is 0 Å². The van der Waals surface area contributed by atoms with Gasteiger partial charge in [0.1, 0.15) is 0 Å². The first-order valence-electron chi connectivity index (χ1n) is 4.34. The highest BCUT2D eigenvalue weighted by Gasteiger charge is 2.35. The van der Waals surface area contributed by atoms with E-state index in [-0.39, 0.29) is 12.1 Å². The molecule has 1 rings (SSSR count). The molecule has 1 fully saturated rings. The van der Waals surface area contributed by atoms with E-state index in [1.54, 1.807) is 11.0 Å². The molecule has 0 spiro atoms. The Bertz CT molecular complexity index is 205. The molecule has 1 aliphatic rings. The van der Waals surface area contributed by atoms with Gasteiger partial charge in [0.25, 0.3) is 0 Å². The van der Waals surface area contributed by atoms with E-state index in [0.717, 1.165) is 0 Å². The third-order valence-corrected chi connectivity index (χ3v) is 2.33. The van der Waals surface area contributed by atoms with Gasteiger partial charge in [-0.05, 0) is 12.8 Å². The number of aliphatic hydroxyl groups is 1. The van der Waals surface area contributed by atoms with Gasteiger partial charge in [0.05, 0.1) is 19.3 Å². The highest BCUT2D eigenvalue weighted by atomic mass is 16.5. The van der Waals surface area contributed by atoms with Crippen LogP contribution >= 0.6 is 0 Å². The number of amides is 1. The number of hydrogen-bond acceptors (Lipinski definition) is 3. The van der Waals surface area contributed by atoms with Gasteiger partial charge in [-0.25, -0.2) is 4.79 Å². The lowest BCUT2D eigenvalue weighted by molar-refractivity contribution is 0.0898. The lowest BCUT2D eigenvalue weighted by Crippen LogP contribution is -2.39. The van der Waals surface area contributed by atoms with Crippen molar-refractivity contribution in [1.29, 1.82) is 0 Å². The van der Waals surface area contributed by atoms with E-state index in [2.05, 4.69) is 11.3 Å². The monoisotopic (exact) mass is 185 g/mol. The minimum absolute atomic E-state index is 0.162. The Hall–Kier alpha value is -1.03. The molecule has 0 aromatic heterocycles. The number of ether oxygens (including phenoxy) is 1. The average Bonchev–Trinajstić information content (AvgIpc) is 2.48. The van der Waals surface area contributed by atoms with Crippen LogP contribution in [0.15, 0.2) is 12.7 Å². The molecular formula is C9H15NO3. The van der Waals surface area contributed by atoms with Gasteiger partial charge in [0.2, 0.25) is 0 Å². The zero-order chi connectivity index (χ0) is 9.84. The number of carbonyl (C=O) groups excluding carboxylic acids is 1. The molecule has 4 nitrogen and oxygen atoms in total. The zero-order valence-electron chi connectivity index (χ0n) is 7.77. The van der Waals surface area contributed by atoms with Crippen molar-refractivity contribution in [2.75, 3.05) is 13.7 Å². The quantitative estimate of drug-likeness (QED) is 0.646. The zero-order valence-corrected chi connectivity index (χ0v) is 7.77. The summed E-state index contributed by atoms with van der Waals surface area (Å²) in [5.74, 6) is 0. The molecule has 1 amide bonds. The van der Waals surface area contributed by atoms with Crippen LogP contribution in [0.5, 0.6) is 0 Å². The fourth-order valence-electron chi connectivity index (χ4n) is 1.64. The maximum absolute atomic E-state index is 11.2. The average molecular weight is 185 g/mol. The number of hydrogen-bond donors (Lipinski definition) is 1. The Morgan fingerprint density at radius 1 is 1.85 bits per heavy atom. The van der Waals surface area contributed by atoms with Crippen molar-refractivity contribution in [2.24, 2.45) is 0 Å². The molecule has 74 valence electrons. The fourth-order valence-corrected chi connectivity index (χ4v) is 1.64. The van der Waals surface area contributed by atoms with Crippen LogP contribution in [0, 0.1) is 0 Å². The fraction of sp³-hybridized carbons (Fsp3) is 0.667. The van der Waals surface area contributed by atoms with Crippen LogP contribution in [0.2, 0.25) is 0 Å². The highest BCUT2D eigenvalue weighted by Crippen LogP contribution is 2.21. The Morgan fingerprint density at radius 2 is 2.54 bits per heavy atom. The van der Waals surface area contributed by atoms with Crippen LogP contribution in [0.1, 0.15) is 12.8 Å². The molecule has 1 saturated heterocycles. The number of nitrogens with zero attached hydrogens (tertiary/aromatic N) is 1. The second kappa shape index (κ2) is 4.28. The summed E-state index contributed by atoms with van der Waals surface area (Å²) in [6.07, 6.45) is 2.11. The molecule has 0 radical (unpaired) electrons. The second-order valence-electron chi connectivity index (χ2n) is 3.11. The van der Waals surface area contributed by atoms with Crippen LogP contribution in [-0.2, 0) is 4.74 Å². The summed E-state index contributed by atoms with van der Waals surface area (Å²) in [6, 6.07) is -0.162. The first-order valence-corrected chi connectivity index (χ1v) is 4.34. The second-order valence-corrected chi connectivity index (χ2v) is 3.11. The van der Waals surface area contributed by atoms with E-state index in [4.69, 9.17) is 0 Å². The molecule has 0 aromatic rings. The smallest absolute Gasteiger partial charge is 0.409 e. The van der Waals surface area contributed by atoms with Gasteiger partial charge < -0.3 is 14.7 Å². The number of rotatable bonds is 2. The van der Waals surface area contributed by atoms with Gasteiger partial charge in [-0.3, -0.25) is 0 Å². The van der Waals surface area contributed by atoms with Crippen molar-refractivity contribution in [1.82, 2.24) is 4.90 Å². The molecule has 2 atom stereocenters. The SMILES string of the molecule is C=CC[C@H]1[C@H](O)CCN1C(=O)OC. The van der Waals surface area contributed by atoms with Gasteiger partial charge in [0, 0.05) is 6.54 Å². The molecule has 13 heavy (non-hydrogen) atoms. The standard InChI is InChI=1S/C9H15NO3/c1-3-4-7-8(11)5-6-10(7)9(12)13-2/h3,7-8,11H,1,4-6H2,2H3/t7-,8+/m0/s1. The Morgan fingerprint density at radius 3 is 3.08 bits per heavy atom. The highest BCUT2D eigenvalue weighted by molar-refractivity contribution is 5.68. The third kappa shape index (κ3) is 2.01. The number of carbonyl (C=O) groups is 1. The summed E-state index contributed by atoms with van der Waals surface area (Å²) >= 11 is 0. The maximum Gasteiger partial charge on any atom is 0.409 e. The predicted octanol–water partition coefficient (Wildman–Crippen LogP) is 0.764. The summed E-state index contributed by atoms with van der Waals surface area (Å²) in [7, 11) is 1.35. The van der Waals surface area contributed by atoms with E-state index in [9.17, 15) is 9.90 Å². The summed E-state index contributed by atoms with van der Waals surface area (Å²) in [6.45, 7) is 4.15. The van der Waals surface area contributed by atoms with Crippen molar-refractivity contribution in [3.8, 4) is 0 Å². The van der Waals surface area contributed by atoms with Gasteiger partial charge in [-0.1, -0.05) is 6.08 Å². The number of aliphatic hydroxyl groups excluding tert-OH is 1. The first kappa shape index (κ1) is 10.1. The summed E-state index contributed by atoms with van der Waals surface area (Å²) < 4.78 is 4.60. The predicted molar refractivity (Wildman–Crippen MR) is 48.3 cm³/mol. The van der Waals surface area contributed by atoms with Crippen molar-refractivity contribution >= 4 is 6.09 Å². The van der Waals surface area contributed by atoms with E-state index >= 15 is 0 Å². The first-order chi connectivity index (χ1) is 6.20.